The van der Waals surface area contributed by atoms with Crippen LogP contribution in [0.4, 0.5) is 0 Å². The first-order chi connectivity index (χ1) is 34.5. The molecule has 0 spiro atoms. The minimum atomic E-state index is -0.660. The maximum atomic E-state index is 12.4. The van der Waals surface area contributed by atoms with Crippen molar-refractivity contribution in [2.75, 3.05) is 13.2 Å². The van der Waals surface area contributed by atoms with Gasteiger partial charge in [-0.05, 0) is 57.8 Å². The zero-order valence-corrected chi connectivity index (χ0v) is 47.3. The van der Waals surface area contributed by atoms with Crippen molar-refractivity contribution in [1.29, 1.82) is 0 Å². The summed E-state index contributed by atoms with van der Waals surface area (Å²) >= 11 is 0. The van der Waals surface area contributed by atoms with E-state index in [0.717, 1.165) is 51.4 Å². The summed E-state index contributed by atoms with van der Waals surface area (Å²) in [4.78, 5) is 24.5. The van der Waals surface area contributed by atoms with Gasteiger partial charge in [0.1, 0.15) is 0 Å². The van der Waals surface area contributed by atoms with Crippen molar-refractivity contribution in [3.05, 3.63) is 24.3 Å². The van der Waals surface area contributed by atoms with Crippen molar-refractivity contribution in [2.45, 2.75) is 360 Å². The van der Waals surface area contributed by atoms with E-state index >= 15 is 0 Å². The highest BCUT2D eigenvalue weighted by molar-refractivity contribution is 5.76. The van der Waals surface area contributed by atoms with Crippen molar-refractivity contribution in [1.82, 2.24) is 5.32 Å². The van der Waals surface area contributed by atoms with E-state index in [-0.39, 0.29) is 18.5 Å². The first kappa shape index (κ1) is 68.3. The summed E-state index contributed by atoms with van der Waals surface area (Å²) < 4.78 is 5.49. The van der Waals surface area contributed by atoms with Crippen LogP contribution >= 0.6 is 0 Å². The molecule has 414 valence electrons. The number of hydrogen-bond acceptors (Lipinski definition) is 5. The molecule has 0 saturated heterocycles. The van der Waals surface area contributed by atoms with Gasteiger partial charge >= 0.3 is 5.97 Å². The van der Waals surface area contributed by atoms with E-state index in [1.807, 2.05) is 0 Å². The Morgan fingerprint density at radius 2 is 0.714 bits per heavy atom. The maximum absolute atomic E-state index is 12.4. The molecule has 6 nitrogen and oxygen atoms in total. The van der Waals surface area contributed by atoms with Gasteiger partial charge in [0.2, 0.25) is 5.91 Å². The molecule has 0 bridgehead atoms. The molecule has 3 N–H and O–H groups in total. The van der Waals surface area contributed by atoms with Gasteiger partial charge in [-0.1, -0.05) is 301 Å². The number of aliphatic hydroxyl groups is 2. The summed E-state index contributed by atoms with van der Waals surface area (Å²) in [7, 11) is 0. The molecular formula is C64H123NO5. The SMILES string of the molecule is CCCCCC/C=C\C/C=C\CCCCCCCC(=O)OCCCCCCCCCCCCCCCCCCCCCCCCCCCCCC(=O)NC(CO)C(O)CCCCCCCCCCCC. The van der Waals surface area contributed by atoms with Gasteiger partial charge in [0.15, 0.2) is 0 Å². The molecule has 2 unspecified atom stereocenters. The number of allylic oxidation sites excluding steroid dienone is 4. The number of aliphatic hydroxyl groups excluding tert-OH is 2. The van der Waals surface area contributed by atoms with Crippen molar-refractivity contribution in [3.63, 3.8) is 0 Å². The number of carbonyl (C=O) groups is 2. The van der Waals surface area contributed by atoms with Gasteiger partial charge in [0.05, 0.1) is 25.4 Å². The number of ether oxygens (including phenoxy) is 1. The molecule has 0 aliphatic heterocycles. The highest BCUT2D eigenvalue weighted by atomic mass is 16.5. The third-order valence-electron chi connectivity index (χ3n) is 14.8. The Balaban J connectivity index is 3.32. The van der Waals surface area contributed by atoms with Crippen LogP contribution in [-0.2, 0) is 14.3 Å². The second-order valence-electron chi connectivity index (χ2n) is 21.7. The Bertz CT molecular complexity index is 1090. The Kier molecular flexibility index (Phi) is 58.5. The molecule has 0 rings (SSSR count). The van der Waals surface area contributed by atoms with Gasteiger partial charge in [-0.15, -0.1) is 0 Å². The molecule has 1 amide bonds. The molecule has 0 aliphatic rings. The van der Waals surface area contributed by atoms with E-state index < -0.39 is 12.1 Å². The van der Waals surface area contributed by atoms with Gasteiger partial charge in [0, 0.05) is 12.8 Å². The summed E-state index contributed by atoms with van der Waals surface area (Å²) in [5, 5.41) is 23.2. The van der Waals surface area contributed by atoms with Crippen molar-refractivity contribution in [3.8, 4) is 0 Å². The maximum Gasteiger partial charge on any atom is 0.305 e. The molecule has 70 heavy (non-hydrogen) atoms. The molecule has 6 heteroatoms. The van der Waals surface area contributed by atoms with Gasteiger partial charge < -0.3 is 20.3 Å². The molecule has 0 heterocycles. The van der Waals surface area contributed by atoms with Crippen molar-refractivity contribution in [2.24, 2.45) is 0 Å². The van der Waals surface area contributed by atoms with Crippen molar-refractivity contribution < 1.29 is 24.5 Å². The minimum absolute atomic E-state index is 0.00479. The van der Waals surface area contributed by atoms with E-state index in [4.69, 9.17) is 4.74 Å². The van der Waals surface area contributed by atoms with Crippen LogP contribution in [0.3, 0.4) is 0 Å². The van der Waals surface area contributed by atoms with E-state index in [1.165, 1.54) is 263 Å². The molecule has 0 saturated carbocycles. The second kappa shape index (κ2) is 59.9. The lowest BCUT2D eigenvalue weighted by Crippen LogP contribution is -2.45. The molecule has 2 atom stereocenters. The monoisotopic (exact) mass is 986 g/mol. The molecule has 0 aromatic rings. The topological polar surface area (TPSA) is 95.9 Å². The minimum Gasteiger partial charge on any atom is -0.466 e. The van der Waals surface area contributed by atoms with Gasteiger partial charge in [-0.25, -0.2) is 0 Å². The molecule has 0 aromatic carbocycles. The lowest BCUT2D eigenvalue weighted by molar-refractivity contribution is -0.143. The second-order valence-corrected chi connectivity index (χ2v) is 21.7. The predicted octanol–water partition coefficient (Wildman–Crippen LogP) is 19.8. The summed E-state index contributed by atoms with van der Waals surface area (Å²) in [6.45, 7) is 4.93. The van der Waals surface area contributed by atoms with Gasteiger partial charge in [0.25, 0.3) is 0 Å². The van der Waals surface area contributed by atoms with Crippen LogP contribution in [-0.4, -0.2) is 47.4 Å². The largest absolute Gasteiger partial charge is 0.466 e. The van der Waals surface area contributed by atoms with E-state index in [1.54, 1.807) is 0 Å². The van der Waals surface area contributed by atoms with Crippen LogP contribution in [0, 0.1) is 0 Å². The highest BCUT2D eigenvalue weighted by Gasteiger charge is 2.20. The number of esters is 1. The zero-order chi connectivity index (χ0) is 50.7. The standard InChI is InChI=1S/C64H123NO5/c1-3-5-7-9-11-13-15-16-17-32-35-38-42-46-50-54-58-64(69)70-59-55-51-47-43-39-36-33-30-28-26-24-22-20-18-19-21-23-25-27-29-31-34-37-41-45-49-53-57-63(68)65-61(60-66)62(67)56-52-48-44-40-14-12-10-8-6-4-2/h13,15,17,32,61-62,66-67H,3-12,14,16,18-31,33-60H2,1-2H3,(H,65,68)/b15-13-,32-17-. The predicted molar refractivity (Wildman–Crippen MR) is 306 cm³/mol. The van der Waals surface area contributed by atoms with E-state index in [0.29, 0.717) is 25.9 Å². The number of unbranched alkanes of at least 4 members (excludes halogenated alkanes) is 44. The fourth-order valence-corrected chi connectivity index (χ4v) is 9.91. The van der Waals surface area contributed by atoms with Crippen LogP contribution in [0.5, 0.6) is 0 Å². The fraction of sp³-hybridized carbons (Fsp3) is 0.906. The van der Waals surface area contributed by atoms with Crippen LogP contribution in [0.2, 0.25) is 0 Å². The average Bonchev–Trinajstić information content (AvgIpc) is 3.36. The van der Waals surface area contributed by atoms with Crippen LogP contribution in [0.25, 0.3) is 0 Å². The van der Waals surface area contributed by atoms with E-state index in [2.05, 4.69) is 43.5 Å². The third-order valence-corrected chi connectivity index (χ3v) is 14.8. The van der Waals surface area contributed by atoms with Crippen molar-refractivity contribution >= 4 is 11.9 Å². The molecule has 0 radical (unpaired) electrons. The summed E-state index contributed by atoms with van der Waals surface area (Å²) in [6, 6.07) is -0.537. The Hall–Kier alpha value is -1.66. The Morgan fingerprint density at radius 1 is 0.400 bits per heavy atom. The summed E-state index contributed by atoms with van der Waals surface area (Å²) in [5.41, 5.74) is 0. The third kappa shape index (κ3) is 55.7. The van der Waals surface area contributed by atoms with Gasteiger partial charge in [-0.3, -0.25) is 9.59 Å². The Morgan fingerprint density at radius 3 is 1.10 bits per heavy atom. The molecule has 0 aliphatic carbocycles. The van der Waals surface area contributed by atoms with Crippen LogP contribution in [0.1, 0.15) is 348 Å². The van der Waals surface area contributed by atoms with E-state index in [9.17, 15) is 19.8 Å². The lowest BCUT2D eigenvalue weighted by Gasteiger charge is -2.22. The number of carbonyl (C=O) groups excluding carboxylic acids is 2. The van der Waals surface area contributed by atoms with Crippen LogP contribution < -0.4 is 5.32 Å². The summed E-state index contributed by atoms with van der Waals surface area (Å²) in [6.07, 6.45) is 73.5. The first-order valence-corrected chi connectivity index (χ1v) is 31.6. The molecule has 0 aromatic heterocycles. The normalized spacial score (nSPS) is 12.7. The molecular weight excluding hydrogens is 863 g/mol. The smallest absolute Gasteiger partial charge is 0.305 e. The number of nitrogens with one attached hydrogen (secondary N) is 1. The number of rotatable bonds is 59. The number of hydrogen-bond donors (Lipinski definition) is 3. The number of amides is 1. The van der Waals surface area contributed by atoms with Gasteiger partial charge in [-0.2, -0.15) is 0 Å². The fourth-order valence-electron chi connectivity index (χ4n) is 9.91. The first-order valence-electron chi connectivity index (χ1n) is 31.6. The quantitative estimate of drug-likeness (QED) is 0.0321. The highest BCUT2D eigenvalue weighted by Crippen LogP contribution is 2.18. The van der Waals surface area contributed by atoms with Crippen LogP contribution in [0.15, 0.2) is 24.3 Å². The lowest BCUT2D eigenvalue weighted by atomic mass is 10.0. The molecule has 0 fully saturated rings. The summed E-state index contributed by atoms with van der Waals surface area (Å²) in [5.74, 6) is -0.0280. The Labute approximate surface area is 437 Å². The zero-order valence-electron chi connectivity index (χ0n) is 47.3. The average molecular weight is 987 g/mol.